The second kappa shape index (κ2) is 6.56. The number of anilines is 1. The molecule has 0 saturated carbocycles. The SMILES string of the molecule is Cc1nc(CC(=O)Nc2nc(-c3ccccc3Cl)cs2)cs1. The van der Waals surface area contributed by atoms with Gasteiger partial charge in [0.15, 0.2) is 5.13 Å². The summed E-state index contributed by atoms with van der Waals surface area (Å²) < 4.78 is 0. The third kappa shape index (κ3) is 3.52. The maximum absolute atomic E-state index is 12.0. The van der Waals surface area contributed by atoms with Crippen LogP contribution in [0.3, 0.4) is 0 Å². The summed E-state index contributed by atoms with van der Waals surface area (Å²) in [5, 5.41) is 8.73. The summed E-state index contributed by atoms with van der Waals surface area (Å²) in [6.45, 7) is 1.92. The fourth-order valence-corrected chi connectivity index (χ4v) is 3.51. The smallest absolute Gasteiger partial charge is 0.232 e. The van der Waals surface area contributed by atoms with Gasteiger partial charge in [0.1, 0.15) is 0 Å². The molecule has 1 N–H and O–H groups in total. The minimum atomic E-state index is -0.120. The molecule has 0 aliphatic rings. The third-order valence-corrected chi connectivity index (χ3v) is 4.82. The second-order valence-corrected chi connectivity index (χ2v) is 6.93. The summed E-state index contributed by atoms with van der Waals surface area (Å²) in [7, 11) is 0. The summed E-state index contributed by atoms with van der Waals surface area (Å²) in [5.41, 5.74) is 2.40. The molecule has 7 heteroatoms. The molecule has 0 saturated heterocycles. The van der Waals surface area contributed by atoms with Crippen molar-refractivity contribution in [3.8, 4) is 11.3 Å². The van der Waals surface area contributed by atoms with Gasteiger partial charge in [0, 0.05) is 21.3 Å². The molecule has 2 heterocycles. The predicted octanol–water partition coefficient (Wildman–Crippen LogP) is 4.41. The number of nitrogens with one attached hydrogen (secondary N) is 1. The van der Waals surface area contributed by atoms with Crippen molar-refractivity contribution in [2.75, 3.05) is 5.32 Å². The zero-order valence-electron chi connectivity index (χ0n) is 11.7. The minimum Gasteiger partial charge on any atom is -0.302 e. The number of amides is 1. The Kier molecular flexibility index (Phi) is 4.52. The Morgan fingerprint density at radius 3 is 2.77 bits per heavy atom. The number of benzene rings is 1. The topological polar surface area (TPSA) is 54.9 Å². The van der Waals surface area contributed by atoms with Gasteiger partial charge in [-0.2, -0.15) is 0 Å². The normalized spacial score (nSPS) is 10.6. The van der Waals surface area contributed by atoms with Crippen LogP contribution in [-0.4, -0.2) is 15.9 Å². The maximum Gasteiger partial charge on any atom is 0.232 e. The van der Waals surface area contributed by atoms with E-state index in [9.17, 15) is 4.79 Å². The number of thiazole rings is 2. The maximum atomic E-state index is 12.0. The molecular formula is C15H12ClN3OS2. The van der Waals surface area contributed by atoms with Crippen LogP contribution >= 0.6 is 34.3 Å². The molecule has 112 valence electrons. The third-order valence-electron chi connectivity index (χ3n) is 2.91. The summed E-state index contributed by atoms with van der Waals surface area (Å²) in [6, 6.07) is 7.50. The molecular weight excluding hydrogens is 338 g/mol. The van der Waals surface area contributed by atoms with Crippen molar-refractivity contribution in [1.29, 1.82) is 0 Å². The van der Waals surface area contributed by atoms with Gasteiger partial charge in [-0.15, -0.1) is 22.7 Å². The summed E-state index contributed by atoms with van der Waals surface area (Å²) >= 11 is 9.07. The van der Waals surface area contributed by atoms with E-state index < -0.39 is 0 Å². The first kappa shape index (κ1) is 15.1. The molecule has 22 heavy (non-hydrogen) atoms. The van der Waals surface area contributed by atoms with Gasteiger partial charge in [0.2, 0.25) is 5.91 Å². The van der Waals surface area contributed by atoms with Gasteiger partial charge in [-0.25, -0.2) is 9.97 Å². The molecule has 3 rings (SSSR count). The van der Waals surface area contributed by atoms with Crippen LogP contribution < -0.4 is 5.32 Å². The lowest BCUT2D eigenvalue weighted by molar-refractivity contribution is -0.115. The molecule has 0 unspecified atom stereocenters. The van der Waals surface area contributed by atoms with E-state index in [-0.39, 0.29) is 12.3 Å². The van der Waals surface area contributed by atoms with Gasteiger partial charge < -0.3 is 5.32 Å². The van der Waals surface area contributed by atoms with Gasteiger partial charge in [-0.05, 0) is 13.0 Å². The van der Waals surface area contributed by atoms with E-state index in [2.05, 4.69) is 15.3 Å². The molecule has 1 aromatic carbocycles. The van der Waals surface area contributed by atoms with E-state index in [4.69, 9.17) is 11.6 Å². The Morgan fingerprint density at radius 1 is 1.23 bits per heavy atom. The molecule has 0 radical (unpaired) electrons. The van der Waals surface area contributed by atoms with Gasteiger partial charge in [0.25, 0.3) is 0 Å². The molecule has 3 aromatic rings. The number of aromatic nitrogens is 2. The lowest BCUT2D eigenvalue weighted by Crippen LogP contribution is -2.14. The average Bonchev–Trinajstić information content (AvgIpc) is 3.09. The van der Waals surface area contributed by atoms with Gasteiger partial charge in [0.05, 0.1) is 22.8 Å². The van der Waals surface area contributed by atoms with Crippen LogP contribution in [0.1, 0.15) is 10.7 Å². The Labute approximate surface area is 140 Å². The Hall–Kier alpha value is -1.76. The molecule has 0 aliphatic heterocycles. The largest absolute Gasteiger partial charge is 0.302 e. The van der Waals surface area contributed by atoms with Gasteiger partial charge >= 0.3 is 0 Å². The highest BCUT2D eigenvalue weighted by Gasteiger charge is 2.11. The van der Waals surface area contributed by atoms with Crippen molar-refractivity contribution in [1.82, 2.24) is 9.97 Å². The molecule has 0 bridgehead atoms. The van der Waals surface area contributed by atoms with E-state index in [0.29, 0.717) is 10.2 Å². The Morgan fingerprint density at radius 2 is 2.05 bits per heavy atom. The molecule has 0 aliphatic carbocycles. The van der Waals surface area contributed by atoms with Crippen LogP contribution in [0.25, 0.3) is 11.3 Å². The van der Waals surface area contributed by atoms with Crippen LogP contribution in [-0.2, 0) is 11.2 Å². The zero-order valence-corrected chi connectivity index (χ0v) is 14.1. The molecule has 1 amide bonds. The standard InChI is InChI=1S/C15H12ClN3OS2/c1-9-17-10(7-21-9)6-14(20)19-15-18-13(8-22-15)11-4-2-3-5-12(11)16/h2-5,7-8H,6H2,1H3,(H,18,19,20). The average molecular weight is 350 g/mol. The molecule has 0 atom stereocenters. The van der Waals surface area contributed by atoms with Gasteiger partial charge in [-0.3, -0.25) is 4.79 Å². The first-order valence-electron chi connectivity index (χ1n) is 6.53. The highest BCUT2D eigenvalue weighted by molar-refractivity contribution is 7.14. The first-order valence-corrected chi connectivity index (χ1v) is 8.67. The number of rotatable bonds is 4. The van der Waals surface area contributed by atoms with Crippen molar-refractivity contribution >= 4 is 45.3 Å². The summed E-state index contributed by atoms with van der Waals surface area (Å²) in [4.78, 5) is 20.7. The number of hydrogen-bond acceptors (Lipinski definition) is 5. The molecule has 0 fully saturated rings. The zero-order chi connectivity index (χ0) is 15.5. The molecule has 2 aromatic heterocycles. The van der Waals surface area contributed by atoms with Crippen molar-refractivity contribution in [2.45, 2.75) is 13.3 Å². The lowest BCUT2D eigenvalue weighted by Gasteiger charge is -2.00. The highest BCUT2D eigenvalue weighted by atomic mass is 35.5. The quantitative estimate of drug-likeness (QED) is 0.759. The van der Waals surface area contributed by atoms with Crippen molar-refractivity contribution in [2.24, 2.45) is 0 Å². The van der Waals surface area contributed by atoms with Gasteiger partial charge in [-0.1, -0.05) is 29.8 Å². The number of nitrogens with zero attached hydrogens (tertiary/aromatic N) is 2. The fourth-order valence-electron chi connectivity index (χ4n) is 1.94. The van der Waals surface area contributed by atoms with E-state index in [1.165, 1.54) is 22.7 Å². The second-order valence-electron chi connectivity index (χ2n) is 4.60. The summed E-state index contributed by atoms with van der Waals surface area (Å²) in [5.74, 6) is -0.120. The molecule has 0 spiro atoms. The van der Waals surface area contributed by atoms with Crippen LogP contribution in [0, 0.1) is 6.92 Å². The Bertz CT molecular complexity index is 812. The number of halogens is 1. The van der Waals surface area contributed by atoms with E-state index in [1.807, 2.05) is 41.9 Å². The number of hydrogen-bond donors (Lipinski definition) is 1. The minimum absolute atomic E-state index is 0.120. The molecule has 4 nitrogen and oxygen atoms in total. The predicted molar refractivity (Wildman–Crippen MR) is 91.7 cm³/mol. The monoisotopic (exact) mass is 349 g/mol. The van der Waals surface area contributed by atoms with E-state index in [0.717, 1.165) is 22.0 Å². The van der Waals surface area contributed by atoms with E-state index >= 15 is 0 Å². The van der Waals surface area contributed by atoms with Crippen LogP contribution in [0.4, 0.5) is 5.13 Å². The summed E-state index contributed by atoms with van der Waals surface area (Å²) in [6.07, 6.45) is 0.255. The van der Waals surface area contributed by atoms with E-state index in [1.54, 1.807) is 0 Å². The fraction of sp³-hybridized carbons (Fsp3) is 0.133. The van der Waals surface area contributed by atoms with Crippen LogP contribution in [0.2, 0.25) is 5.02 Å². The highest BCUT2D eigenvalue weighted by Crippen LogP contribution is 2.30. The first-order chi connectivity index (χ1) is 10.6. The van der Waals surface area contributed by atoms with Crippen molar-refractivity contribution in [3.63, 3.8) is 0 Å². The number of aryl methyl sites for hydroxylation is 1. The number of carbonyl (C=O) groups is 1. The van der Waals surface area contributed by atoms with Crippen LogP contribution in [0.15, 0.2) is 35.0 Å². The van der Waals surface area contributed by atoms with Crippen LogP contribution in [0.5, 0.6) is 0 Å². The van der Waals surface area contributed by atoms with Crippen molar-refractivity contribution in [3.05, 3.63) is 50.7 Å². The van der Waals surface area contributed by atoms with Crippen molar-refractivity contribution < 1.29 is 4.79 Å². The lowest BCUT2D eigenvalue weighted by atomic mass is 10.2. The Balaban J connectivity index is 1.69. The number of carbonyl (C=O) groups excluding carboxylic acids is 1.